The highest BCUT2D eigenvalue weighted by Crippen LogP contribution is 2.28. The van der Waals surface area contributed by atoms with Crippen molar-refractivity contribution in [2.24, 2.45) is 0 Å². The number of fused-ring (bicyclic) bond motifs is 1. The number of hydrogen-bond donors (Lipinski definition) is 1. The van der Waals surface area contributed by atoms with Crippen LogP contribution in [0.4, 0.5) is 0 Å². The lowest BCUT2D eigenvalue weighted by Gasteiger charge is -2.12. The minimum absolute atomic E-state index is 0.00922. The molecular formula is C26H33N3O5S. The smallest absolute Gasteiger partial charge is 0.340 e. The fourth-order valence-electron chi connectivity index (χ4n) is 3.17. The summed E-state index contributed by atoms with van der Waals surface area (Å²) in [5.41, 5.74) is 3.11. The van der Waals surface area contributed by atoms with E-state index in [2.05, 4.69) is 4.72 Å². The molecule has 0 aliphatic rings. The molecule has 35 heavy (non-hydrogen) atoms. The van der Waals surface area contributed by atoms with Gasteiger partial charge >= 0.3 is 5.63 Å². The van der Waals surface area contributed by atoms with Crippen LogP contribution in [0.5, 0.6) is 5.75 Å². The van der Waals surface area contributed by atoms with E-state index in [0.717, 1.165) is 27.0 Å². The molecule has 9 heteroatoms. The number of hydrogen-bond acceptors (Lipinski definition) is 8. The van der Waals surface area contributed by atoms with Gasteiger partial charge in [-0.25, -0.2) is 4.79 Å². The van der Waals surface area contributed by atoms with Crippen LogP contribution in [-0.4, -0.2) is 64.0 Å². The molecule has 0 aliphatic carbocycles. The van der Waals surface area contributed by atoms with Crippen molar-refractivity contribution in [3.63, 3.8) is 0 Å². The average molecular weight is 500 g/mol. The van der Waals surface area contributed by atoms with Crippen LogP contribution in [0.1, 0.15) is 22.3 Å². The summed E-state index contributed by atoms with van der Waals surface area (Å²) in [4.78, 5) is 39.5. The minimum atomic E-state index is -0.418. The van der Waals surface area contributed by atoms with Crippen molar-refractivity contribution in [1.82, 2.24) is 14.5 Å². The van der Waals surface area contributed by atoms with E-state index < -0.39 is 5.63 Å². The Hall–Kier alpha value is -3.14. The van der Waals surface area contributed by atoms with Crippen LogP contribution in [0.15, 0.2) is 50.5 Å². The number of likely N-dealkylation sites (N-methyl/N-ethyl adjacent to an activating group) is 1. The van der Waals surface area contributed by atoms with Crippen molar-refractivity contribution in [3.8, 4) is 5.75 Å². The quantitative estimate of drug-likeness (QED) is 0.286. The van der Waals surface area contributed by atoms with E-state index in [1.54, 1.807) is 20.2 Å². The average Bonchev–Trinajstić information content (AvgIpc) is 2.78. The van der Waals surface area contributed by atoms with Crippen molar-refractivity contribution < 1.29 is 18.7 Å². The summed E-state index contributed by atoms with van der Waals surface area (Å²) in [7, 11) is 9.43. The maximum atomic E-state index is 12.7. The minimum Gasteiger partial charge on any atom is -0.428 e. The first-order chi connectivity index (χ1) is 16.5. The van der Waals surface area contributed by atoms with Gasteiger partial charge in [0.2, 0.25) is 5.91 Å². The lowest BCUT2D eigenvalue weighted by molar-refractivity contribution is -0.127. The largest absolute Gasteiger partial charge is 0.428 e. The molecule has 0 spiro atoms. The molecule has 8 nitrogen and oxygen atoms in total. The second-order valence-corrected chi connectivity index (χ2v) is 9.66. The fraction of sp³-hybridized carbons (Fsp3) is 0.346. The van der Waals surface area contributed by atoms with Gasteiger partial charge in [-0.05, 0) is 81.8 Å². The van der Waals surface area contributed by atoms with E-state index in [1.807, 2.05) is 70.2 Å². The third-order valence-electron chi connectivity index (χ3n) is 4.95. The van der Waals surface area contributed by atoms with E-state index in [4.69, 9.17) is 9.15 Å². The predicted octanol–water partition coefficient (Wildman–Crippen LogP) is 3.40. The van der Waals surface area contributed by atoms with Gasteiger partial charge in [-0.1, -0.05) is 12.1 Å². The van der Waals surface area contributed by atoms with Crippen LogP contribution >= 0.6 is 11.9 Å². The maximum Gasteiger partial charge on any atom is 0.340 e. The van der Waals surface area contributed by atoms with Gasteiger partial charge < -0.3 is 19.0 Å². The molecule has 0 saturated heterocycles. The molecule has 0 bridgehead atoms. The number of nitrogens with zero attached hydrogens (tertiary/aromatic N) is 2. The highest BCUT2D eigenvalue weighted by atomic mass is 32.2. The van der Waals surface area contributed by atoms with Gasteiger partial charge in [0.15, 0.2) is 0 Å². The standard InChI is InChI=1S/C23H24N2O5S.C3H9N/c1-14-8-18-15(2)19(23(28)30-21(18)11-20(14)29-13-26)10-16-6-5-7-17(9-16)31-24-12-22(27)25(3)4;1-4(2)3/h5-9,11,13,24H,10,12H2,1-4H3;1-3H3. The summed E-state index contributed by atoms with van der Waals surface area (Å²) in [5.74, 6) is 0.354. The highest BCUT2D eigenvalue weighted by Gasteiger charge is 2.15. The Kier molecular flexibility index (Phi) is 10.5. The Morgan fingerprint density at radius 2 is 1.80 bits per heavy atom. The van der Waals surface area contributed by atoms with Crippen molar-refractivity contribution >= 4 is 35.3 Å². The summed E-state index contributed by atoms with van der Waals surface area (Å²) in [5, 5.41) is 0.805. The molecule has 1 amide bonds. The number of nitrogens with one attached hydrogen (secondary N) is 1. The van der Waals surface area contributed by atoms with Crippen molar-refractivity contribution in [3.05, 3.63) is 69.1 Å². The molecule has 0 radical (unpaired) electrons. The van der Waals surface area contributed by atoms with Crippen molar-refractivity contribution in [2.75, 3.05) is 41.8 Å². The van der Waals surface area contributed by atoms with Crippen molar-refractivity contribution in [1.29, 1.82) is 0 Å². The third-order valence-corrected chi connectivity index (χ3v) is 5.73. The second kappa shape index (κ2) is 13.1. The second-order valence-electron chi connectivity index (χ2n) is 8.70. The molecule has 0 fully saturated rings. The van der Waals surface area contributed by atoms with Crippen LogP contribution in [0, 0.1) is 13.8 Å². The zero-order valence-corrected chi connectivity index (χ0v) is 22.1. The Morgan fingerprint density at radius 1 is 1.11 bits per heavy atom. The van der Waals surface area contributed by atoms with Gasteiger partial charge in [-0.2, -0.15) is 0 Å². The fourth-order valence-corrected chi connectivity index (χ4v) is 3.89. The first kappa shape index (κ1) is 28.1. The number of benzene rings is 2. The summed E-state index contributed by atoms with van der Waals surface area (Å²) in [6, 6.07) is 11.2. The van der Waals surface area contributed by atoms with Crippen molar-refractivity contribution in [2.45, 2.75) is 25.2 Å². The molecule has 1 aromatic heterocycles. The normalized spacial score (nSPS) is 10.6. The van der Waals surface area contributed by atoms with E-state index >= 15 is 0 Å². The lowest BCUT2D eigenvalue weighted by atomic mass is 9.98. The Balaban J connectivity index is 0.00000100. The Labute approximate surface area is 210 Å². The number of amides is 1. The molecule has 1 heterocycles. The molecule has 0 aliphatic heterocycles. The molecule has 2 aromatic carbocycles. The predicted molar refractivity (Wildman–Crippen MR) is 140 cm³/mol. The number of aryl methyl sites for hydroxylation is 2. The van der Waals surface area contributed by atoms with E-state index in [1.165, 1.54) is 16.8 Å². The van der Waals surface area contributed by atoms with Crippen LogP contribution in [-0.2, 0) is 16.0 Å². The summed E-state index contributed by atoms with van der Waals surface area (Å²) < 4.78 is 13.5. The van der Waals surface area contributed by atoms with E-state index in [-0.39, 0.29) is 12.5 Å². The summed E-state index contributed by atoms with van der Waals surface area (Å²) >= 11 is 1.37. The van der Waals surface area contributed by atoms with E-state index in [9.17, 15) is 14.4 Å². The van der Waals surface area contributed by atoms with Crippen LogP contribution in [0.25, 0.3) is 11.0 Å². The maximum absolute atomic E-state index is 12.7. The number of carbonyl (C=O) groups is 2. The molecular weight excluding hydrogens is 466 g/mol. The molecule has 1 N–H and O–H groups in total. The van der Waals surface area contributed by atoms with Crippen LogP contribution in [0.3, 0.4) is 0 Å². The lowest BCUT2D eigenvalue weighted by Crippen LogP contribution is -2.30. The number of ether oxygens (including phenoxy) is 1. The molecule has 0 unspecified atom stereocenters. The Morgan fingerprint density at radius 3 is 2.43 bits per heavy atom. The van der Waals surface area contributed by atoms with Gasteiger partial charge in [-0.3, -0.25) is 14.3 Å². The number of carbonyl (C=O) groups excluding carboxylic acids is 2. The monoisotopic (exact) mass is 499 g/mol. The third kappa shape index (κ3) is 8.24. The first-order valence-electron chi connectivity index (χ1n) is 11.0. The number of rotatable bonds is 8. The molecule has 3 rings (SSSR count). The van der Waals surface area contributed by atoms with E-state index in [0.29, 0.717) is 29.8 Å². The Bertz CT molecular complexity index is 1230. The zero-order valence-electron chi connectivity index (χ0n) is 21.3. The van der Waals surface area contributed by atoms with Crippen LogP contribution < -0.4 is 15.1 Å². The van der Waals surface area contributed by atoms with Gasteiger partial charge in [-0.15, -0.1) is 0 Å². The van der Waals surface area contributed by atoms with Gasteiger partial charge in [0.1, 0.15) is 11.3 Å². The zero-order chi connectivity index (χ0) is 26.1. The molecule has 0 saturated carbocycles. The highest BCUT2D eigenvalue weighted by molar-refractivity contribution is 7.97. The van der Waals surface area contributed by atoms with Crippen LogP contribution in [0.2, 0.25) is 0 Å². The first-order valence-corrected chi connectivity index (χ1v) is 11.8. The topological polar surface area (TPSA) is 92.1 Å². The molecule has 188 valence electrons. The van der Waals surface area contributed by atoms with Gasteiger partial charge in [0, 0.05) is 42.4 Å². The van der Waals surface area contributed by atoms with Gasteiger partial charge in [0.25, 0.3) is 6.47 Å². The van der Waals surface area contributed by atoms with Gasteiger partial charge in [0.05, 0.1) is 6.54 Å². The SMILES string of the molecule is CN(C)C.Cc1cc2c(C)c(Cc3cccc(SNCC(=O)N(C)C)c3)c(=O)oc2cc1OC=O. The summed E-state index contributed by atoms with van der Waals surface area (Å²) in [6.07, 6.45) is 0.417. The molecule has 3 aromatic rings. The summed E-state index contributed by atoms with van der Waals surface area (Å²) in [6.45, 7) is 4.30. The molecule has 0 atom stereocenters.